The fourth-order valence-corrected chi connectivity index (χ4v) is 5.99. The number of hydrogen-bond donors (Lipinski definition) is 1. The van der Waals surface area contributed by atoms with E-state index in [-0.39, 0.29) is 48.4 Å². The van der Waals surface area contributed by atoms with Crippen LogP contribution in [0.15, 0.2) is 12.3 Å². The highest BCUT2D eigenvalue weighted by atomic mass is 35.5. The molecule has 1 saturated heterocycles. The second-order valence-corrected chi connectivity index (χ2v) is 10.5. The van der Waals surface area contributed by atoms with Crippen molar-refractivity contribution in [2.75, 3.05) is 19.7 Å². The van der Waals surface area contributed by atoms with Gasteiger partial charge >= 0.3 is 6.18 Å². The van der Waals surface area contributed by atoms with Gasteiger partial charge in [-0.25, -0.2) is 4.98 Å². The predicted octanol–water partition coefficient (Wildman–Crippen LogP) is 3.33. The molecule has 0 aromatic carbocycles. The van der Waals surface area contributed by atoms with Gasteiger partial charge in [-0.2, -0.15) is 13.2 Å². The number of aliphatic hydroxyl groups excluding tert-OH is 1. The van der Waals surface area contributed by atoms with E-state index in [1.807, 2.05) is 0 Å². The van der Waals surface area contributed by atoms with E-state index in [2.05, 4.69) is 4.98 Å². The van der Waals surface area contributed by atoms with Crippen LogP contribution in [0.1, 0.15) is 59.6 Å². The van der Waals surface area contributed by atoms with Crippen LogP contribution in [0.2, 0.25) is 5.15 Å². The number of alkyl halides is 3. The molecule has 34 heavy (non-hydrogen) atoms. The highest BCUT2D eigenvalue weighted by Gasteiger charge is 2.50. The number of fused-ring (bicyclic) bond motifs is 2. The molecule has 3 unspecified atom stereocenters. The zero-order chi connectivity index (χ0) is 23.9. The van der Waals surface area contributed by atoms with Gasteiger partial charge in [-0.3, -0.25) is 14.0 Å². The van der Waals surface area contributed by atoms with Gasteiger partial charge in [-0.1, -0.05) is 11.6 Å². The molecule has 182 valence electrons. The molecule has 0 spiro atoms. The van der Waals surface area contributed by atoms with Crippen molar-refractivity contribution in [3.05, 3.63) is 34.2 Å². The quantitative estimate of drug-likeness (QED) is 0.704. The number of rotatable bonds is 4. The Morgan fingerprint density at radius 1 is 1.21 bits per heavy atom. The fraction of sp³-hybridized carbons (Fsp3) is 0.609. The Labute approximate surface area is 198 Å². The molecule has 3 heterocycles. The first-order chi connectivity index (χ1) is 16.2. The third-order valence-electron chi connectivity index (χ3n) is 7.84. The highest BCUT2D eigenvalue weighted by Crippen LogP contribution is 2.53. The summed E-state index contributed by atoms with van der Waals surface area (Å²) in [4.78, 5) is 33.3. The number of carbonyl (C=O) groups excluding carboxylic acids is 2. The molecule has 7 nitrogen and oxygen atoms in total. The lowest BCUT2D eigenvalue weighted by Gasteiger charge is -2.42. The topological polar surface area (TPSA) is 78.2 Å². The molecule has 6 rings (SSSR count). The summed E-state index contributed by atoms with van der Waals surface area (Å²) >= 11 is 6.40. The normalized spacial score (nSPS) is 29.1. The van der Waals surface area contributed by atoms with Crippen LogP contribution in [0, 0.1) is 11.8 Å². The summed E-state index contributed by atoms with van der Waals surface area (Å²) in [5.41, 5.74) is -1.23. The molecular weight excluding hydrogens is 473 g/mol. The van der Waals surface area contributed by atoms with Crippen LogP contribution in [0.4, 0.5) is 13.2 Å². The Hall–Kier alpha value is -2.33. The largest absolute Gasteiger partial charge is 0.419 e. The Bertz CT molecular complexity index is 1180. The van der Waals surface area contributed by atoms with Crippen LogP contribution < -0.4 is 0 Å². The maximum atomic E-state index is 13.8. The molecule has 0 bridgehead atoms. The van der Waals surface area contributed by atoms with Crippen molar-refractivity contribution in [2.24, 2.45) is 11.8 Å². The van der Waals surface area contributed by atoms with Crippen molar-refractivity contribution in [1.82, 2.24) is 19.2 Å². The zero-order valence-corrected chi connectivity index (χ0v) is 19.0. The van der Waals surface area contributed by atoms with Crippen molar-refractivity contribution in [1.29, 1.82) is 0 Å². The average Bonchev–Trinajstić information content (AvgIpc) is 3.72. The first kappa shape index (κ1) is 22.2. The number of imidazole rings is 1. The molecule has 4 fully saturated rings. The van der Waals surface area contributed by atoms with Gasteiger partial charge in [0.1, 0.15) is 11.7 Å². The third-order valence-corrected chi connectivity index (χ3v) is 8.21. The summed E-state index contributed by atoms with van der Waals surface area (Å²) in [7, 11) is 0. The van der Waals surface area contributed by atoms with E-state index in [4.69, 9.17) is 11.6 Å². The van der Waals surface area contributed by atoms with E-state index in [0.29, 0.717) is 17.4 Å². The minimum atomic E-state index is -4.67. The van der Waals surface area contributed by atoms with E-state index in [1.165, 1.54) is 17.5 Å². The summed E-state index contributed by atoms with van der Waals surface area (Å²) in [6, 6.07) is 0.527. The number of hydrogen-bond acceptors (Lipinski definition) is 4. The van der Waals surface area contributed by atoms with Gasteiger partial charge in [-0.15, -0.1) is 0 Å². The molecule has 3 atom stereocenters. The van der Waals surface area contributed by atoms with E-state index < -0.39 is 29.3 Å². The summed E-state index contributed by atoms with van der Waals surface area (Å²) in [6.45, 7) is -0.449. The monoisotopic (exact) mass is 496 g/mol. The Balaban J connectivity index is 1.32. The van der Waals surface area contributed by atoms with Crippen LogP contribution in [0.25, 0.3) is 5.65 Å². The Morgan fingerprint density at radius 3 is 2.53 bits per heavy atom. The van der Waals surface area contributed by atoms with Crippen molar-refractivity contribution >= 4 is 29.1 Å². The maximum absolute atomic E-state index is 13.8. The minimum Gasteiger partial charge on any atom is -0.394 e. The maximum Gasteiger partial charge on any atom is 0.419 e. The number of aliphatic hydroxyl groups is 1. The van der Waals surface area contributed by atoms with Gasteiger partial charge in [0.25, 0.3) is 5.91 Å². The number of carbonyl (C=O) groups is 2. The highest BCUT2D eigenvalue weighted by molar-refractivity contribution is 6.33. The number of halogens is 4. The predicted molar refractivity (Wildman–Crippen MR) is 115 cm³/mol. The summed E-state index contributed by atoms with van der Waals surface area (Å²) < 4.78 is 42.5. The number of piperazine rings is 1. The summed E-state index contributed by atoms with van der Waals surface area (Å²) in [5.74, 6) is 0.400. The Kier molecular flexibility index (Phi) is 4.94. The molecule has 2 aromatic rings. The van der Waals surface area contributed by atoms with Crippen molar-refractivity contribution < 1.29 is 27.9 Å². The van der Waals surface area contributed by atoms with Gasteiger partial charge in [0, 0.05) is 18.8 Å². The molecule has 3 aliphatic carbocycles. The lowest BCUT2D eigenvalue weighted by atomic mass is 10.1. The van der Waals surface area contributed by atoms with Gasteiger partial charge < -0.3 is 14.9 Å². The fourth-order valence-electron chi connectivity index (χ4n) is 5.74. The second kappa shape index (κ2) is 7.58. The van der Waals surface area contributed by atoms with Gasteiger partial charge in [-0.05, 0) is 61.5 Å². The first-order valence-electron chi connectivity index (χ1n) is 11.7. The smallest absolute Gasteiger partial charge is 0.394 e. The zero-order valence-electron chi connectivity index (χ0n) is 18.3. The van der Waals surface area contributed by atoms with E-state index in [9.17, 15) is 27.9 Å². The second-order valence-electron chi connectivity index (χ2n) is 10.1. The molecule has 3 saturated carbocycles. The SMILES string of the molecule is O=C1CN(C(=O)c2nc3c(C(F)(F)F)cc(C4CC4)cn3c2Cl)C(CO)CN1C1CC2CC2C1. The summed E-state index contributed by atoms with van der Waals surface area (Å²) in [5, 5.41) is 9.76. The molecule has 1 N–H and O–H groups in total. The molecular formula is C23H24ClF3N4O3. The van der Waals surface area contributed by atoms with Crippen molar-refractivity contribution in [2.45, 2.75) is 56.3 Å². The van der Waals surface area contributed by atoms with Gasteiger partial charge in [0.15, 0.2) is 11.3 Å². The van der Waals surface area contributed by atoms with Crippen molar-refractivity contribution in [3.63, 3.8) is 0 Å². The van der Waals surface area contributed by atoms with Crippen LogP contribution in [0.5, 0.6) is 0 Å². The lowest BCUT2D eigenvalue weighted by molar-refractivity contribution is -0.140. The number of pyridine rings is 1. The molecule has 0 radical (unpaired) electrons. The Morgan fingerprint density at radius 2 is 1.91 bits per heavy atom. The first-order valence-corrected chi connectivity index (χ1v) is 12.0. The standard InChI is InChI=1S/C23H24ClF3N4O3/c24-20-19(28-21-17(23(25,26)27)6-14(7-31(20)21)11-1-2-11)22(34)30-9-18(33)29(8-16(30)10-32)15-4-12-3-13(12)5-15/h6-7,11-13,15-16,32H,1-5,8-10H2. The molecule has 2 amide bonds. The number of nitrogens with zero attached hydrogens (tertiary/aromatic N) is 4. The van der Waals surface area contributed by atoms with Crippen molar-refractivity contribution in [3.8, 4) is 0 Å². The van der Waals surface area contributed by atoms with Crippen LogP contribution in [0.3, 0.4) is 0 Å². The van der Waals surface area contributed by atoms with E-state index in [0.717, 1.165) is 36.2 Å². The van der Waals surface area contributed by atoms with Crippen LogP contribution in [-0.2, 0) is 11.0 Å². The average molecular weight is 497 g/mol. The minimum absolute atomic E-state index is 0.0363. The van der Waals surface area contributed by atoms with E-state index in [1.54, 1.807) is 4.90 Å². The van der Waals surface area contributed by atoms with Gasteiger partial charge in [0.05, 0.1) is 18.2 Å². The van der Waals surface area contributed by atoms with E-state index >= 15 is 0 Å². The lowest BCUT2D eigenvalue weighted by Crippen LogP contribution is -2.61. The van der Waals surface area contributed by atoms with Crippen LogP contribution >= 0.6 is 11.6 Å². The molecule has 1 aliphatic heterocycles. The van der Waals surface area contributed by atoms with Gasteiger partial charge in [0.2, 0.25) is 5.91 Å². The number of aromatic nitrogens is 2. The molecule has 2 aromatic heterocycles. The third kappa shape index (κ3) is 3.57. The molecule has 4 aliphatic rings. The van der Waals surface area contributed by atoms with Crippen LogP contribution in [-0.4, -0.2) is 67.9 Å². The molecule has 11 heteroatoms. The summed E-state index contributed by atoms with van der Waals surface area (Å²) in [6.07, 6.45) is 1.54. The number of amides is 2.